The fourth-order valence-electron chi connectivity index (χ4n) is 4.31. The van der Waals surface area contributed by atoms with Crippen molar-refractivity contribution >= 4 is 35.0 Å². The van der Waals surface area contributed by atoms with Crippen LogP contribution >= 0.6 is 11.3 Å². The number of carbonyl (C=O) groups is 2. The van der Waals surface area contributed by atoms with Crippen molar-refractivity contribution in [3.63, 3.8) is 0 Å². The summed E-state index contributed by atoms with van der Waals surface area (Å²) in [6.07, 6.45) is 1.45. The van der Waals surface area contributed by atoms with E-state index >= 15 is 0 Å². The minimum absolute atomic E-state index is 0.0941. The van der Waals surface area contributed by atoms with Crippen LogP contribution < -0.4 is 24.4 Å². The van der Waals surface area contributed by atoms with Crippen LogP contribution in [0.5, 0.6) is 17.2 Å². The number of hydrogen-bond donors (Lipinski definition) is 1. The first kappa shape index (κ1) is 30.0. The molecule has 0 unspecified atom stereocenters. The summed E-state index contributed by atoms with van der Waals surface area (Å²) in [6.45, 7) is 5.07. The molecule has 42 heavy (non-hydrogen) atoms. The van der Waals surface area contributed by atoms with Gasteiger partial charge >= 0.3 is 17.6 Å². The van der Waals surface area contributed by atoms with Gasteiger partial charge in [0.15, 0.2) is 28.7 Å². The van der Waals surface area contributed by atoms with Gasteiger partial charge in [0.1, 0.15) is 0 Å². The minimum atomic E-state index is -0.967. The quantitative estimate of drug-likeness (QED) is 0.208. The molecule has 1 aliphatic rings. The fraction of sp³-hybridized carbons (Fsp3) is 0.286. The zero-order chi connectivity index (χ0) is 30.6. The highest BCUT2D eigenvalue weighted by molar-refractivity contribution is 7.07. The van der Waals surface area contributed by atoms with Crippen LogP contribution in [0.1, 0.15) is 37.9 Å². The number of nitrogens with zero attached hydrogens (tertiary/aromatic N) is 3. The molecule has 1 aromatic heterocycles. The highest BCUT2D eigenvalue weighted by Gasteiger charge is 2.34. The molecule has 0 bridgehead atoms. The van der Waals surface area contributed by atoms with Crippen molar-refractivity contribution in [2.75, 3.05) is 26.9 Å². The number of aromatic nitrogens is 1. The molecule has 0 fully saturated rings. The van der Waals surface area contributed by atoms with E-state index in [1.165, 1.54) is 29.9 Å². The third-order valence-corrected chi connectivity index (χ3v) is 7.15. The van der Waals surface area contributed by atoms with Crippen molar-refractivity contribution in [1.29, 1.82) is 0 Å². The predicted molar refractivity (Wildman–Crippen MR) is 150 cm³/mol. The number of phenols is 1. The molecular weight excluding hydrogens is 570 g/mol. The molecule has 0 saturated carbocycles. The van der Waals surface area contributed by atoms with E-state index in [1.54, 1.807) is 39.0 Å². The first-order valence-corrected chi connectivity index (χ1v) is 13.5. The number of nitro benzene ring substituents is 1. The van der Waals surface area contributed by atoms with Gasteiger partial charge in [-0.25, -0.2) is 14.6 Å². The smallest absolute Gasteiger partial charge is 0.343 e. The number of benzene rings is 2. The minimum Gasteiger partial charge on any atom is -0.502 e. The molecule has 3 aromatic rings. The normalized spacial score (nSPS) is 14.6. The third kappa shape index (κ3) is 6.02. The zero-order valence-electron chi connectivity index (χ0n) is 23.1. The molecule has 13 nitrogen and oxygen atoms in total. The predicted octanol–water partition coefficient (Wildman–Crippen LogP) is 2.36. The van der Waals surface area contributed by atoms with Crippen LogP contribution in [-0.4, -0.2) is 53.5 Å². The summed E-state index contributed by atoms with van der Waals surface area (Å²) in [6, 6.07) is 7.61. The number of rotatable bonds is 10. The van der Waals surface area contributed by atoms with Gasteiger partial charge in [-0.1, -0.05) is 23.5 Å². The number of nitro groups is 1. The van der Waals surface area contributed by atoms with E-state index in [1.807, 2.05) is 0 Å². The summed E-state index contributed by atoms with van der Waals surface area (Å²) in [5.41, 5.74) is 0.269. The van der Waals surface area contributed by atoms with Crippen LogP contribution in [0, 0.1) is 10.1 Å². The third-order valence-electron chi connectivity index (χ3n) is 6.17. The molecule has 0 amide bonds. The molecule has 220 valence electrons. The van der Waals surface area contributed by atoms with Gasteiger partial charge in [0.05, 0.1) is 47.1 Å². The van der Waals surface area contributed by atoms with E-state index in [0.717, 1.165) is 17.4 Å². The Balaban J connectivity index is 1.91. The molecule has 4 rings (SSSR count). The summed E-state index contributed by atoms with van der Waals surface area (Å²) in [5.74, 6) is -1.22. The highest BCUT2D eigenvalue weighted by atomic mass is 32.1. The number of fused-ring (bicyclic) bond motifs is 1. The zero-order valence-corrected chi connectivity index (χ0v) is 23.9. The maximum atomic E-state index is 13.8. The Labute approximate surface area is 242 Å². The number of hydrogen-bond acceptors (Lipinski definition) is 12. The maximum Gasteiger partial charge on any atom is 0.343 e. The first-order valence-electron chi connectivity index (χ1n) is 12.7. The molecule has 14 heteroatoms. The molecule has 1 aliphatic heterocycles. The van der Waals surface area contributed by atoms with E-state index < -0.39 is 39.9 Å². The Morgan fingerprint density at radius 2 is 1.90 bits per heavy atom. The molecule has 1 N–H and O–H groups in total. The summed E-state index contributed by atoms with van der Waals surface area (Å²) < 4.78 is 22.8. The topological polar surface area (TPSA) is 169 Å². The Hall–Kier alpha value is -4.98. The van der Waals surface area contributed by atoms with Gasteiger partial charge in [-0.05, 0) is 56.2 Å². The van der Waals surface area contributed by atoms with Gasteiger partial charge in [-0.2, -0.15) is 0 Å². The molecule has 1 atom stereocenters. The van der Waals surface area contributed by atoms with Crippen molar-refractivity contribution in [3.05, 3.63) is 88.6 Å². The van der Waals surface area contributed by atoms with Crippen molar-refractivity contribution in [2.24, 2.45) is 4.99 Å². The van der Waals surface area contributed by atoms with E-state index in [4.69, 9.17) is 14.2 Å². The van der Waals surface area contributed by atoms with Gasteiger partial charge < -0.3 is 24.1 Å². The van der Waals surface area contributed by atoms with Crippen LogP contribution in [0.15, 0.2) is 57.5 Å². The molecule has 0 radical (unpaired) electrons. The molecule has 0 spiro atoms. The lowest BCUT2D eigenvalue weighted by molar-refractivity contribution is -0.385. The number of ether oxygens (including phenoxy) is 4. The second-order valence-electron chi connectivity index (χ2n) is 8.81. The largest absolute Gasteiger partial charge is 0.502 e. The molecule has 2 heterocycles. The first-order chi connectivity index (χ1) is 20.1. The summed E-state index contributed by atoms with van der Waals surface area (Å²) in [4.78, 5) is 54.0. The van der Waals surface area contributed by atoms with Crippen molar-refractivity contribution in [2.45, 2.75) is 26.8 Å². The van der Waals surface area contributed by atoms with Crippen LogP contribution in [0.25, 0.3) is 6.08 Å². The van der Waals surface area contributed by atoms with Crippen LogP contribution in [0.2, 0.25) is 0 Å². The Kier molecular flexibility index (Phi) is 9.06. The van der Waals surface area contributed by atoms with Gasteiger partial charge in [0.25, 0.3) is 5.56 Å². The standard InChI is InChI=1S/C28H27N3O10S/c1-5-39-21-13-17(8-10-20(21)41-14-23(33)38-4)25-24(27(35)40-6-2)15(3)29-28-30(25)26(34)22(42-28)12-16-7-9-19(32)18(11-16)31(36)37/h7-13,25,32H,5-6,14H2,1-4H3/b22-12-/t25-/m1/s1. The number of allylic oxidation sites excluding steroid dienone is 1. The average Bonchev–Trinajstić information content (AvgIpc) is 3.26. The van der Waals surface area contributed by atoms with E-state index in [0.29, 0.717) is 21.6 Å². The Morgan fingerprint density at radius 1 is 1.14 bits per heavy atom. The lowest BCUT2D eigenvalue weighted by Gasteiger charge is -2.25. The number of carbonyl (C=O) groups excluding carboxylic acids is 2. The monoisotopic (exact) mass is 597 g/mol. The van der Waals surface area contributed by atoms with Crippen LogP contribution in [-0.2, 0) is 19.1 Å². The Morgan fingerprint density at radius 3 is 2.57 bits per heavy atom. The maximum absolute atomic E-state index is 13.8. The number of esters is 2. The van der Waals surface area contributed by atoms with E-state index in [9.17, 15) is 29.6 Å². The molecule has 0 saturated heterocycles. The van der Waals surface area contributed by atoms with Crippen LogP contribution in [0.3, 0.4) is 0 Å². The summed E-state index contributed by atoms with van der Waals surface area (Å²) >= 11 is 1.04. The van der Waals surface area contributed by atoms with Gasteiger partial charge in [-0.15, -0.1) is 0 Å². The average molecular weight is 598 g/mol. The van der Waals surface area contributed by atoms with Crippen molar-refractivity contribution < 1.29 is 38.6 Å². The number of phenolic OH excluding ortho intramolecular Hbond substituents is 1. The second-order valence-corrected chi connectivity index (χ2v) is 9.82. The Bertz CT molecular complexity index is 1770. The fourth-order valence-corrected chi connectivity index (χ4v) is 5.36. The lowest BCUT2D eigenvalue weighted by Crippen LogP contribution is -2.40. The number of thiazole rings is 1. The SMILES string of the molecule is CCOC(=O)C1=C(C)N=c2s/c(=C\c3ccc(O)c([N+](=O)[O-])c3)c(=O)n2[C@@H]1c1ccc(OCC(=O)OC)c(OCC)c1. The van der Waals surface area contributed by atoms with Gasteiger partial charge in [-0.3, -0.25) is 19.5 Å². The molecule has 2 aromatic carbocycles. The van der Waals surface area contributed by atoms with Crippen molar-refractivity contribution in [3.8, 4) is 17.2 Å². The van der Waals surface area contributed by atoms with E-state index in [-0.39, 0.29) is 41.4 Å². The van der Waals surface area contributed by atoms with E-state index in [2.05, 4.69) is 9.73 Å². The van der Waals surface area contributed by atoms with Gasteiger partial charge in [0, 0.05) is 6.07 Å². The molecule has 0 aliphatic carbocycles. The molecular formula is C28H27N3O10S. The number of aromatic hydroxyl groups is 1. The number of methoxy groups -OCH3 is 1. The highest BCUT2D eigenvalue weighted by Crippen LogP contribution is 2.36. The van der Waals surface area contributed by atoms with Crippen LogP contribution in [0.4, 0.5) is 5.69 Å². The lowest BCUT2D eigenvalue weighted by atomic mass is 9.95. The summed E-state index contributed by atoms with van der Waals surface area (Å²) in [7, 11) is 1.24. The van der Waals surface area contributed by atoms with Gasteiger partial charge in [0.2, 0.25) is 0 Å². The van der Waals surface area contributed by atoms with Crippen molar-refractivity contribution in [1.82, 2.24) is 4.57 Å². The summed E-state index contributed by atoms with van der Waals surface area (Å²) in [5, 5.41) is 21.1. The second kappa shape index (κ2) is 12.7.